The molecule has 4 heterocycles. The molecule has 7 heteroatoms. The number of aromatic nitrogens is 3. The molecule has 0 bridgehead atoms. The van der Waals surface area contributed by atoms with Gasteiger partial charge in [-0.15, -0.1) is 34.8 Å². The van der Waals surface area contributed by atoms with Crippen LogP contribution in [0.2, 0.25) is 0 Å². The molecule has 0 radical (unpaired) electrons. The summed E-state index contributed by atoms with van der Waals surface area (Å²) in [6, 6.07) is 55.0. The third-order valence-electron chi connectivity index (χ3n) is 14.5. The summed E-state index contributed by atoms with van der Waals surface area (Å²) < 4.78 is 100. The van der Waals surface area contributed by atoms with E-state index < -0.39 is 60.4 Å². The van der Waals surface area contributed by atoms with Crippen LogP contribution in [0.5, 0.6) is 11.5 Å². The van der Waals surface area contributed by atoms with Crippen LogP contribution in [0.15, 0.2) is 235 Å². The summed E-state index contributed by atoms with van der Waals surface area (Å²) in [4.78, 5) is 11.9. The second kappa shape index (κ2) is 19.5. The summed E-state index contributed by atoms with van der Waals surface area (Å²) in [6.45, 7) is 8.50. The average molecular weight is 1190 g/mol. The van der Waals surface area contributed by atoms with Crippen molar-refractivity contribution in [3.63, 3.8) is 0 Å². The van der Waals surface area contributed by atoms with Gasteiger partial charge < -0.3 is 23.8 Å². The van der Waals surface area contributed by atoms with E-state index in [1.54, 1.807) is 23.1 Å². The van der Waals surface area contributed by atoms with Gasteiger partial charge in [0.05, 0.1) is 24.7 Å². The maximum Gasteiger partial charge on any atom is 0.135 e. The monoisotopic (exact) mass is 1190 g/mol. The fraction of sp³-hybridized carbons (Fsp3) is 0.0704. The first kappa shape index (κ1) is 38.5. The number of hydrogen-bond donors (Lipinski definition) is 0. The molecule has 0 saturated heterocycles. The summed E-state index contributed by atoms with van der Waals surface area (Å²) in [5.74, 6) is 1.42. The van der Waals surface area contributed by atoms with Crippen molar-refractivity contribution < 1.29 is 39.5 Å². The molecule has 0 spiro atoms. The molecule has 0 aliphatic carbocycles. The molecule has 78 heavy (non-hydrogen) atoms. The number of aryl methyl sites for hydroxylation is 1. The smallest absolute Gasteiger partial charge is 0.135 e. The number of nitrogens with zero attached hydrogens (tertiary/aromatic N) is 5. The molecule has 13 aromatic rings. The predicted octanol–water partition coefficient (Wildman–Crippen LogP) is 18.6. The SMILES string of the molecule is [2H]c1c([2H])c([2H])c(-c2cccc(-c3c([2H])c([2H])c([2H])c([2H])c3[2H])c2N=[C-]N2c3[c-]c(Oc4[c-]c5c(cc4)c4ccccc4n5-c4cc(C(C)(C)C)ccn4)ccc3-c3ccccc3-c3cccc4c5ccccc5n(c34)-c3cccc(C)c32)c([2H])c1[2H].[Pt]. The van der Waals surface area contributed by atoms with E-state index in [1.807, 2.05) is 98.0 Å². The minimum absolute atomic E-state index is 0. The van der Waals surface area contributed by atoms with Gasteiger partial charge in [0.25, 0.3) is 0 Å². The molecule has 1 aliphatic rings. The Morgan fingerprint density at radius 1 is 0.551 bits per heavy atom. The van der Waals surface area contributed by atoms with E-state index in [2.05, 4.69) is 109 Å². The first-order valence-electron chi connectivity index (χ1n) is 30.3. The van der Waals surface area contributed by atoms with Gasteiger partial charge in [0.15, 0.2) is 0 Å². The number of para-hydroxylation sites is 5. The Morgan fingerprint density at radius 3 is 1.85 bits per heavy atom. The second-order valence-corrected chi connectivity index (χ2v) is 20.1. The van der Waals surface area contributed by atoms with Gasteiger partial charge >= 0.3 is 0 Å². The third-order valence-corrected chi connectivity index (χ3v) is 14.5. The van der Waals surface area contributed by atoms with Gasteiger partial charge in [-0.1, -0.05) is 207 Å². The number of rotatable bonds is 7. The van der Waals surface area contributed by atoms with Crippen molar-refractivity contribution >= 4 is 67.0 Å². The second-order valence-electron chi connectivity index (χ2n) is 20.1. The molecule has 3 aromatic heterocycles. The number of ether oxygens (including phenoxy) is 1. The number of aliphatic imine (C=N–C) groups is 1. The van der Waals surface area contributed by atoms with Crippen molar-refractivity contribution in [2.45, 2.75) is 33.1 Å². The van der Waals surface area contributed by atoms with E-state index in [1.165, 1.54) is 0 Å². The van der Waals surface area contributed by atoms with Crippen LogP contribution in [0.4, 0.5) is 17.1 Å². The average Bonchev–Trinajstić information content (AvgIpc) is 1.52. The van der Waals surface area contributed by atoms with Crippen LogP contribution in [-0.4, -0.2) is 20.5 Å². The van der Waals surface area contributed by atoms with Crippen LogP contribution in [0.3, 0.4) is 0 Å². The molecule has 0 N–H and O–H groups in total. The maximum atomic E-state index is 9.25. The standard InChI is InChI=1S/C71H50N5O.Pt/c1-46-20-17-35-64-69(46)74(45-73-68-52(47-21-7-5-8-22-47)29-18-30-53(68)48-23-9-6-10-24-48)65-43-50(36-38-58(65)54-25-11-12-26-55(54)60-31-19-32-61-57-28-14-16-34-63(57)76(64)70(60)61)77-51-37-39-59-56-27-13-15-33-62(56)75(66(59)44-51)67-42-49(40-41-72-67)71(2,3)4;/h5-42H,1-4H3;/q-3;/i5D,6D,7D,8D,9D,10D,21D,22D,23D,24D;. The van der Waals surface area contributed by atoms with Crippen molar-refractivity contribution in [2.24, 2.45) is 4.99 Å². The van der Waals surface area contributed by atoms with Crippen molar-refractivity contribution in [2.75, 3.05) is 4.90 Å². The Morgan fingerprint density at radius 2 is 1.13 bits per heavy atom. The van der Waals surface area contributed by atoms with E-state index in [4.69, 9.17) is 22.9 Å². The molecule has 0 atom stereocenters. The van der Waals surface area contributed by atoms with Gasteiger partial charge in [-0.05, 0) is 87.1 Å². The Labute approximate surface area is 482 Å². The molecule has 378 valence electrons. The minimum atomic E-state index is -0.603. The number of benzene rings is 10. The summed E-state index contributed by atoms with van der Waals surface area (Å²) in [7, 11) is 0. The summed E-state index contributed by atoms with van der Waals surface area (Å²) in [5, 5.41) is 4.01. The van der Waals surface area contributed by atoms with Gasteiger partial charge in [-0.3, -0.25) is 0 Å². The number of hydrogen-bond acceptors (Lipinski definition) is 3. The van der Waals surface area contributed by atoms with Crippen molar-refractivity contribution in [1.29, 1.82) is 0 Å². The molecule has 0 amide bonds. The topological polar surface area (TPSA) is 47.6 Å². The van der Waals surface area contributed by atoms with Crippen LogP contribution in [0.25, 0.3) is 99.6 Å². The van der Waals surface area contributed by atoms with E-state index in [-0.39, 0.29) is 54.4 Å². The van der Waals surface area contributed by atoms with Gasteiger partial charge in [0.1, 0.15) is 5.82 Å². The Kier molecular flexibility index (Phi) is 9.61. The molecule has 0 fully saturated rings. The molecular weight excluding hydrogens is 1130 g/mol. The van der Waals surface area contributed by atoms with Crippen LogP contribution < -0.4 is 9.64 Å². The molecule has 14 rings (SSSR count). The minimum Gasteiger partial charge on any atom is -0.510 e. The van der Waals surface area contributed by atoms with Crippen LogP contribution in [0, 0.1) is 19.1 Å². The van der Waals surface area contributed by atoms with Crippen LogP contribution >= 0.6 is 0 Å². The number of pyridine rings is 1. The summed E-state index contributed by atoms with van der Waals surface area (Å²) in [6.07, 6.45) is 5.25. The zero-order chi connectivity index (χ0) is 60.5. The quantitative estimate of drug-likeness (QED) is 0.0908. The predicted molar refractivity (Wildman–Crippen MR) is 318 cm³/mol. The van der Waals surface area contributed by atoms with Gasteiger partial charge in [0, 0.05) is 78.3 Å². The van der Waals surface area contributed by atoms with Gasteiger partial charge in [-0.2, -0.15) is 18.2 Å². The molecule has 0 saturated carbocycles. The fourth-order valence-corrected chi connectivity index (χ4v) is 10.9. The van der Waals surface area contributed by atoms with Crippen LogP contribution in [-0.2, 0) is 26.5 Å². The molecular formula is C71H50N5OPt-3. The van der Waals surface area contributed by atoms with Crippen molar-refractivity contribution in [3.8, 4) is 67.5 Å². The molecule has 0 unspecified atom stereocenters. The zero-order valence-electron chi connectivity index (χ0n) is 52.6. The van der Waals surface area contributed by atoms with E-state index in [9.17, 15) is 5.48 Å². The first-order chi connectivity index (χ1) is 41.9. The fourth-order valence-electron chi connectivity index (χ4n) is 10.9. The molecule has 1 aliphatic heterocycles. The van der Waals surface area contributed by atoms with Crippen LogP contribution in [0.1, 0.15) is 45.6 Å². The van der Waals surface area contributed by atoms with Crippen molar-refractivity contribution in [3.05, 3.63) is 254 Å². The maximum absolute atomic E-state index is 9.25. The zero-order valence-corrected chi connectivity index (χ0v) is 44.9. The Balaban J connectivity index is 0.00000714. The third kappa shape index (κ3) is 8.14. The molecule has 10 aromatic carbocycles. The Bertz CT molecular complexity index is 4980. The van der Waals surface area contributed by atoms with Crippen molar-refractivity contribution in [1.82, 2.24) is 14.1 Å². The normalized spacial score (nSPS) is 14.0. The number of anilines is 2. The Hall–Kier alpha value is -9.09. The first-order valence-corrected chi connectivity index (χ1v) is 25.3. The summed E-state index contributed by atoms with van der Waals surface area (Å²) >= 11 is 0. The van der Waals surface area contributed by atoms with E-state index >= 15 is 0 Å². The molecule has 6 nitrogen and oxygen atoms in total. The number of fused-ring (bicyclic) bond motifs is 12. The largest absolute Gasteiger partial charge is 0.510 e. The summed E-state index contributed by atoms with van der Waals surface area (Å²) in [5.41, 5.74) is 9.98. The van der Waals surface area contributed by atoms with Gasteiger partial charge in [-0.25, -0.2) is 4.98 Å². The van der Waals surface area contributed by atoms with E-state index in [0.717, 1.165) is 82.9 Å². The van der Waals surface area contributed by atoms with Gasteiger partial charge in [0.2, 0.25) is 0 Å². The van der Waals surface area contributed by atoms with E-state index in [0.29, 0.717) is 28.4 Å².